The number of anilines is 1. The third-order valence-electron chi connectivity index (χ3n) is 3.98. The van der Waals surface area contributed by atoms with Crippen molar-refractivity contribution in [2.45, 2.75) is 25.2 Å². The van der Waals surface area contributed by atoms with Crippen molar-refractivity contribution in [2.75, 3.05) is 25.0 Å². The zero-order chi connectivity index (χ0) is 19.0. The lowest BCUT2D eigenvalue weighted by atomic mass is 10.1. The van der Waals surface area contributed by atoms with Crippen LogP contribution in [0.4, 0.5) is 5.69 Å². The molecule has 0 saturated carbocycles. The fraction of sp³-hybridized carbons (Fsp3) is 0.316. The Morgan fingerprint density at radius 2 is 1.73 bits per heavy atom. The summed E-state index contributed by atoms with van der Waals surface area (Å²) in [5.41, 5.74) is 1.88. The monoisotopic (exact) mass is 391 g/mol. The maximum absolute atomic E-state index is 12.6. The second-order valence-corrected chi connectivity index (χ2v) is 8.08. The van der Waals surface area contributed by atoms with Crippen LogP contribution in [-0.2, 0) is 16.4 Å². The van der Waals surface area contributed by atoms with Gasteiger partial charge in [-0.15, -0.1) is 0 Å². The van der Waals surface area contributed by atoms with E-state index >= 15 is 0 Å². The van der Waals surface area contributed by atoms with E-state index in [0.717, 1.165) is 6.42 Å². The van der Waals surface area contributed by atoms with Crippen molar-refractivity contribution in [1.82, 2.24) is 9.62 Å². The van der Waals surface area contributed by atoms with Crippen molar-refractivity contribution in [2.24, 2.45) is 0 Å². The number of rotatable bonds is 8. The number of benzene rings is 2. The Hall–Kier alpha value is -1.96. The first-order valence-corrected chi connectivity index (χ1v) is 10.5. The molecule has 2 N–H and O–H groups in total. The molecule has 2 rings (SSSR count). The summed E-state index contributed by atoms with van der Waals surface area (Å²) in [6.45, 7) is 5.24. The summed E-state index contributed by atoms with van der Waals surface area (Å²) in [5.74, 6) is 0. The lowest BCUT2D eigenvalue weighted by Crippen LogP contribution is -2.31. The van der Waals surface area contributed by atoms with Gasteiger partial charge in [-0.2, -0.15) is 4.31 Å². The van der Waals surface area contributed by atoms with Crippen molar-refractivity contribution in [3.63, 3.8) is 0 Å². The lowest BCUT2D eigenvalue weighted by Gasteiger charge is -2.19. The molecule has 0 bridgehead atoms. The van der Waals surface area contributed by atoms with Gasteiger partial charge in [-0.05, 0) is 42.4 Å². The van der Waals surface area contributed by atoms with Gasteiger partial charge in [0.1, 0.15) is 0 Å². The van der Waals surface area contributed by atoms with Crippen molar-refractivity contribution in [1.29, 1.82) is 0 Å². The van der Waals surface area contributed by atoms with E-state index in [1.807, 2.05) is 32.0 Å². The van der Waals surface area contributed by atoms with E-state index in [-0.39, 0.29) is 4.90 Å². The minimum atomic E-state index is -3.48. The largest absolute Gasteiger partial charge is 0.362 e. The van der Waals surface area contributed by atoms with Crippen LogP contribution in [0.25, 0.3) is 0 Å². The zero-order valence-corrected chi connectivity index (χ0v) is 16.7. The summed E-state index contributed by atoms with van der Waals surface area (Å²) in [4.78, 5) is 0.262. The fourth-order valence-corrected chi connectivity index (χ4v) is 4.31. The molecule has 0 amide bonds. The van der Waals surface area contributed by atoms with Crippen molar-refractivity contribution in [3.8, 4) is 0 Å². The summed E-state index contributed by atoms with van der Waals surface area (Å²) >= 11 is 5.30. The Morgan fingerprint density at radius 3 is 2.38 bits per heavy atom. The molecule has 0 radical (unpaired) electrons. The molecule has 0 aliphatic heterocycles. The normalized spacial score (nSPS) is 11.3. The first kappa shape index (κ1) is 20.4. The highest BCUT2D eigenvalue weighted by Gasteiger charge is 2.21. The Morgan fingerprint density at radius 1 is 1.04 bits per heavy atom. The molecule has 5 nitrogen and oxygen atoms in total. The van der Waals surface area contributed by atoms with Gasteiger partial charge >= 0.3 is 0 Å². The zero-order valence-electron chi connectivity index (χ0n) is 15.1. The van der Waals surface area contributed by atoms with Gasteiger partial charge in [0.15, 0.2) is 5.11 Å². The summed E-state index contributed by atoms with van der Waals surface area (Å²) < 4.78 is 26.7. The van der Waals surface area contributed by atoms with Crippen LogP contribution in [0.3, 0.4) is 0 Å². The summed E-state index contributed by atoms with van der Waals surface area (Å²) in [5, 5.41) is 6.67. The van der Waals surface area contributed by atoms with Crippen molar-refractivity contribution in [3.05, 3.63) is 60.2 Å². The Balaban J connectivity index is 1.96. The van der Waals surface area contributed by atoms with Gasteiger partial charge in [0.05, 0.1) is 4.90 Å². The molecule has 0 fully saturated rings. The predicted octanol–water partition coefficient (Wildman–Crippen LogP) is 3.25. The van der Waals surface area contributed by atoms with E-state index in [0.29, 0.717) is 30.4 Å². The molecule has 0 aliphatic carbocycles. The first-order valence-electron chi connectivity index (χ1n) is 8.66. The number of thiocarbonyl (C=S) groups is 1. The van der Waals surface area contributed by atoms with Gasteiger partial charge < -0.3 is 10.6 Å². The molecular formula is C19H25N3O2S2. The molecule has 0 saturated heterocycles. The van der Waals surface area contributed by atoms with Gasteiger partial charge in [0.25, 0.3) is 0 Å². The van der Waals surface area contributed by atoms with Gasteiger partial charge in [0.2, 0.25) is 10.0 Å². The molecule has 0 heterocycles. The van der Waals surface area contributed by atoms with E-state index in [1.54, 1.807) is 24.3 Å². The highest BCUT2D eigenvalue weighted by molar-refractivity contribution is 7.89. The highest BCUT2D eigenvalue weighted by atomic mass is 32.2. The lowest BCUT2D eigenvalue weighted by molar-refractivity contribution is 0.445. The van der Waals surface area contributed by atoms with Crippen LogP contribution in [0.5, 0.6) is 0 Å². The number of nitrogens with zero attached hydrogens (tertiary/aromatic N) is 1. The van der Waals surface area contributed by atoms with E-state index in [2.05, 4.69) is 22.8 Å². The predicted molar refractivity (Wildman–Crippen MR) is 111 cm³/mol. The second-order valence-electron chi connectivity index (χ2n) is 5.73. The molecule has 2 aromatic rings. The maximum Gasteiger partial charge on any atom is 0.243 e. The summed E-state index contributed by atoms with van der Waals surface area (Å²) in [6.07, 6.45) is 0.860. The number of hydrogen-bond acceptors (Lipinski definition) is 3. The molecule has 0 spiro atoms. The van der Waals surface area contributed by atoms with Crippen LogP contribution >= 0.6 is 12.2 Å². The van der Waals surface area contributed by atoms with E-state index in [4.69, 9.17) is 12.2 Å². The third kappa shape index (κ3) is 5.52. The molecule has 7 heteroatoms. The van der Waals surface area contributed by atoms with E-state index in [9.17, 15) is 8.42 Å². The highest BCUT2D eigenvalue weighted by Crippen LogP contribution is 2.19. The Labute approximate surface area is 161 Å². The minimum Gasteiger partial charge on any atom is -0.362 e. The summed E-state index contributed by atoms with van der Waals surface area (Å²) in [7, 11) is -3.48. The molecule has 26 heavy (non-hydrogen) atoms. The van der Waals surface area contributed by atoms with Crippen LogP contribution in [0.1, 0.15) is 19.4 Å². The van der Waals surface area contributed by atoms with Crippen LogP contribution in [-0.4, -0.2) is 37.5 Å². The minimum absolute atomic E-state index is 0.262. The SMILES string of the molecule is CCN(CC)S(=O)(=O)c1cccc(NC(=S)NCCc2ccccc2)c1. The molecule has 0 atom stereocenters. The number of nitrogens with one attached hydrogen (secondary N) is 2. The molecule has 0 unspecified atom stereocenters. The standard InChI is InChI=1S/C19H25N3O2S2/c1-3-22(4-2)26(23,24)18-12-8-11-17(15-18)21-19(25)20-14-13-16-9-6-5-7-10-16/h5-12,15H,3-4,13-14H2,1-2H3,(H2,20,21,25). The Bertz CT molecular complexity index is 820. The van der Waals surface area contributed by atoms with Crippen LogP contribution in [0, 0.1) is 0 Å². The van der Waals surface area contributed by atoms with Gasteiger partial charge in [0, 0.05) is 25.3 Å². The van der Waals surface area contributed by atoms with Crippen LogP contribution < -0.4 is 10.6 Å². The van der Waals surface area contributed by atoms with Crippen LogP contribution in [0.15, 0.2) is 59.5 Å². The number of hydrogen-bond donors (Lipinski definition) is 2. The van der Waals surface area contributed by atoms with Gasteiger partial charge in [-0.3, -0.25) is 0 Å². The first-order chi connectivity index (χ1) is 12.5. The molecule has 0 aliphatic rings. The Kier molecular flexibility index (Phi) is 7.56. The topological polar surface area (TPSA) is 61.4 Å². The summed E-state index contributed by atoms with van der Waals surface area (Å²) in [6, 6.07) is 16.9. The van der Waals surface area contributed by atoms with E-state index < -0.39 is 10.0 Å². The van der Waals surface area contributed by atoms with Crippen molar-refractivity contribution < 1.29 is 8.42 Å². The van der Waals surface area contributed by atoms with Gasteiger partial charge in [-0.1, -0.05) is 50.2 Å². The smallest absolute Gasteiger partial charge is 0.243 e. The molecular weight excluding hydrogens is 366 g/mol. The van der Waals surface area contributed by atoms with Crippen LogP contribution in [0.2, 0.25) is 0 Å². The fourth-order valence-electron chi connectivity index (χ4n) is 2.59. The van der Waals surface area contributed by atoms with Crippen molar-refractivity contribution >= 4 is 33.0 Å². The maximum atomic E-state index is 12.6. The quantitative estimate of drug-likeness (QED) is 0.677. The molecule has 140 valence electrons. The average Bonchev–Trinajstić information content (AvgIpc) is 2.63. The molecule has 2 aromatic carbocycles. The van der Waals surface area contributed by atoms with Gasteiger partial charge in [-0.25, -0.2) is 8.42 Å². The molecule has 0 aromatic heterocycles. The average molecular weight is 392 g/mol. The van der Waals surface area contributed by atoms with E-state index in [1.165, 1.54) is 9.87 Å². The number of sulfonamides is 1. The second kappa shape index (κ2) is 9.66. The third-order valence-corrected chi connectivity index (χ3v) is 6.27.